The lowest BCUT2D eigenvalue weighted by Crippen LogP contribution is -2.18. The number of nitrogens with zero attached hydrogens (tertiary/aromatic N) is 2. The number of hydrazone groups is 1. The predicted molar refractivity (Wildman–Crippen MR) is 105 cm³/mol. The van der Waals surface area contributed by atoms with Gasteiger partial charge in [0, 0.05) is 11.6 Å². The molecule has 142 valence electrons. The molecule has 0 saturated heterocycles. The normalized spacial score (nSPS) is 10.8. The highest BCUT2D eigenvalue weighted by Crippen LogP contribution is 2.27. The Hall–Kier alpha value is -3.94. The van der Waals surface area contributed by atoms with E-state index >= 15 is 0 Å². The fourth-order valence-corrected chi connectivity index (χ4v) is 2.72. The SMILES string of the molecule is COc1cc2ccccc2cc1C(=O)NN=Cc1ccc(OC)c([N+](=O)[O-])c1. The summed E-state index contributed by atoms with van der Waals surface area (Å²) >= 11 is 0. The van der Waals surface area contributed by atoms with Gasteiger partial charge >= 0.3 is 5.69 Å². The number of hydrogen-bond acceptors (Lipinski definition) is 6. The number of nitro benzene ring substituents is 1. The third-order valence-corrected chi connectivity index (χ3v) is 4.09. The second-order valence-electron chi connectivity index (χ2n) is 5.79. The van der Waals surface area contributed by atoms with Crippen LogP contribution in [0.2, 0.25) is 0 Å². The number of ether oxygens (including phenoxy) is 2. The first kappa shape index (κ1) is 18.8. The third-order valence-electron chi connectivity index (χ3n) is 4.09. The molecule has 3 aromatic carbocycles. The van der Waals surface area contributed by atoms with Crippen molar-refractivity contribution >= 4 is 28.6 Å². The van der Waals surface area contributed by atoms with Crippen LogP contribution in [0.1, 0.15) is 15.9 Å². The molecule has 0 saturated carbocycles. The topological polar surface area (TPSA) is 103 Å². The molecule has 1 amide bonds. The Labute approximate surface area is 160 Å². The lowest BCUT2D eigenvalue weighted by atomic mass is 10.1. The number of methoxy groups -OCH3 is 2. The van der Waals surface area contributed by atoms with Crippen molar-refractivity contribution in [2.45, 2.75) is 0 Å². The fraction of sp³-hybridized carbons (Fsp3) is 0.100. The number of carbonyl (C=O) groups excluding carboxylic acids is 1. The number of nitro groups is 1. The zero-order valence-corrected chi connectivity index (χ0v) is 15.2. The van der Waals surface area contributed by atoms with Crippen molar-refractivity contribution in [3.63, 3.8) is 0 Å². The second-order valence-corrected chi connectivity index (χ2v) is 5.79. The summed E-state index contributed by atoms with van der Waals surface area (Å²) in [5, 5.41) is 16.8. The highest BCUT2D eigenvalue weighted by molar-refractivity contribution is 6.02. The largest absolute Gasteiger partial charge is 0.496 e. The molecule has 8 heteroatoms. The van der Waals surface area contributed by atoms with Crippen LogP contribution in [0.15, 0.2) is 59.7 Å². The molecular formula is C20H17N3O5. The van der Waals surface area contributed by atoms with E-state index in [1.807, 2.05) is 24.3 Å². The summed E-state index contributed by atoms with van der Waals surface area (Å²) in [6.07, 6.45) is 1.32. The van der Waals surface area contributed by atoms with E-state index < -0.39 is 10.8 Å². The number of fused-ring (bicyclic) bond motifs is 1. The molecule has 0 aliphatic rings. The number of hydrogen-bond donors (Lipinski definition) is 1. The van der Waals surface area contributed by atoms with Crippen LogP contribution >= 0.6 is 0 Å². The number of rotatable bonds is 6. The molecule has 1 N–H and O–H groups in total. The summed E-state index contributed by atoms with van der Waals surface area (Å²) in [6.45, 7) is 0. The van der Waals surface area contributed by atoms with E-state index in [9.17, 15) is 14.9 Å². The highest BCUT2D eigenvalue weighted by atomic mass is 16.6. The summed E-state index contributed by atoms with van der Waals surface area (Å²) in [5.74, 6) is 0.112. The van der Waals surface area contributed by atoms with E-state index in [-0.39, 0.29) is 11.4 Å². The van der Waals surface area contributed by atoms with Crippen LogP contribution in [0.4, 0.5) is 5.69 Å². The van der Waals surface area contributed by atoms with Gasteiger partial charge in [-0.2, -0.15) is 5.10 Å². The monoisotopic (exact) mass is 379 g/mol. The molecular weight excluding hydrogens is 362 g/mol. The molecule has 28 heavy (non-hydrogen) atoms. The minimum Gasteiger partial charge on any atom is -0.496 e. The van der Waals surface area contributed by atoms with Gasteiger partial charge in [0.1, 0.15) is 5.75 Å². The Morgan fingerprint density at radius 1 is 1.04 bits per heavy atom. The zero-order valence-electron chi connectivity index (χ0n) is 15.2. The summed E-state index contributed by atoms with van der Waals surface area (Å²) in [4.78, 5) is 23.0. The molecule has 0 atom stereocenters. The number of nitrogens with one attached hydrogen (secondary N) is 1. The molecule has 0 aliphatic heterocycles. The van der Waals surface area contributed by atoms with Gasteiger partial charge in [0.25, 0.3) is 5.91 Å². The Kier molecular flexibility index (Phi) is 5.50. The Morgan fingerprint density at radius 2 is 1.71 bits per heavy atom. The van der Waals surface area contributed by atoms with Crippen LogP contribution < -0.4 is 14.9 Å². The first-order valence-corrected chi connectivity index (χ1v) is 8.26. The fourth-order valence-electron chi connectivity index (χ4n) is 2.72. The highest BCUT2D eigenvalue weighted by Gasteiger charge is 2.15. The second kappa shape index (κ2) is 8.17. The van der Waals surface area contributed by atoms with Crippen molar-refractivity contribution in [2.24, 2.45) is 5.10 Å². The van der Waals surface area contributed by atoms with Crippen LogP contribution in [0.3, 0.4) is 0 Å². The standard InChI is InChI=1S/C20H17N3O5/c1-27-18-8-7-13(9-17(18)23(25)26)12-21-22-20(24)16-10-14-5-3-4-6-15(14)11-19(16)28-2/h3-12H,1-2H3,(H,22,24). The molecule has 0 fully saturated rings. The van der Waals surface area contributed by atoms with Gasteiger partial charge < -0.3 is 9.47 Å². The van der Waals surface area contributed by atoms with Gasteiger partial charge in [-0.25, -0.2) is 5.43 Å². The van der Waals surface area contributed by atoms with Gasteiger partial charge in [-0.3, -0.25) is 14.9 Å². The summed E-state index contributed by atoms with van der Waals surface area (Å²) in [6, 6.07) is 15.5. The minimum absolute atomic E-state index is 0.145. The Balaban J connectivity index is 1.81. The van der Waals surface area contributed by atoms with Crippen LogP contribution in [-0.2, 0) is 0 Å². The van der Waals surface area contributed by atoms with E-state index in [0.717, 1.165) is 10.8 Å². The van der Waals surface area contributed by atoms with Crippen LogP contribution in [0.5, 0.6) is 11.5 Å². The maximum atomic E-state index is 12.5. The molecule has 0 radical (unpaired) electrons. The van der Waals surface area contributed by atoms with Crippen molar-refractivity contribution in [3.8, 4) is 11.5 Å². The van der Waals surface area contributed by atoms with E-state index in [1.54, 1.807) is 18.2 Å². The molecule has 0 spiro atoms. The summed E-state index contributed by atoms with van der Waals surface area (Å²) < 4.78 is 10.3. The average molecular weight is 379 g/mol. The maximum absolute atomic E-state index is 12.5. The quantitative estimate of drug-likeness (QED) is 0.401. The van der Waals surface area contributed by atoms with Crippen LogP contribution in [0, 0.1) is 10.1 Å². The molecule has 0 aromatic heterocycles. The Morgan fingerprint density at radius 3 is 2.36 bits per heavy atom. The van der Waals surface area contributed by atoms with Gasteiger partial charge in [0.15, 0.2) is 5.75 Å². The van der Waals surface area contributed by atoms with Crippen LogP contribution in [-0.4, -0.2) is 31.3 Å². The molecule has 0 aliphatic carbocycles. The molecule has 3 aromatic rings. The van der Waals surface area contributed by atoms with E-state index in [0.29, 0.717) is 16.9 Å². The minimum atomic E-state index is -0.547. The smallest absolute Gasteiger partial charge is 0.311 e. The summed E-state index contributed by atoms with van der Waals surface area (Å²) in [5.41, 5.74) is 3.00. The molecule has 0 bridgehead atoms. The molecule has 8 nitrogen and oxygen atoms in total. The van der Waals surface area contributed by atoms with Crippen molar-refractivity contribution < 1.29 is 19.2 Å². The first-order valence-electron chi connectivity index (χ1n) is 8.26. The molecule has 0 heterocycles. The van der Waals surface area contributed by atoms with Gasteiger partial charge in [-0.1, -0.05) is 24.3 Å². The lowest BCUT2D eigenvalue weighted by molar-refractivity contribution is -0.385. The lowest BCUT2D eigenvalue weighted by Gasteiger charge is -2.09. The van der Waals surface area contributed by atoms with Gasteiger partial charge in [-0.05, 0) is 35.0 Å². The third kappa shape index (κ3) is 3.90. The summed E-state index contributed by atoms with van der Waals surface area (Å²) in [7, 11) is 2.84. The predicted octanol–water partition coefficient (Wildman–Crippen LogP) is 3.53. The average Bonchev–Trinajstić information content (AvgIpc) is 2.72. The van der Waals surface area contributed by atoms with Crippen molar-refractivity contribution in [2.75, 3.05) is 14.2 Å². The number of benzene rings is 3. The van der Waals surface area contributed by atoms with Gasteiger partial charge in [-0.15, -0.1) is 0 Å². The van der Waals surface area contributed by atoms with Crippen molar-refractivity contribution in [1.29, 1.82) is 0 Å². The molecule has 0 unspecified atom stereocenters. The number of amides is 1. The van der Waals surface area contributed by atoms with E-state index in [1.165, 1.54) is 32.6 Å². The Bertz CT molecular complexity index is 1080. The number of carbonyl (C=O) groups is 1. The zero-order chi connectivity index (χ0) is 20.1. The van der Waals surface area contributed by atoms with E-state index in [4.69, 9.17) is 9.47 Å². The van der Waals surface area contributed by atoms with Crippen molar-refractivity contribution in [1.82, 2.24) is 5.43 Å². The van der Waals surface area contributed by atoms with E-state index in [2.05, 4.69) is 10.5 Å². The molecule has 3 rings (SSSR count). The van der Waals surface area contributed by atoms with Gasteiger partial charge in [0.2, 0.25) is 0 Å². The van der Waals surface area contributed by atoms with Crippen molar-refractivity contribution in [3.05, 3.63) is 75.8 Å². The maximum Gasteiger partial charge on any atom is 0.311 e. The van der Waals surface area contributed by atoms with Gasteiger partial charge in [0.05, 0.1) is 30.9 Å². The van der Waals surface area contributed by atoms with Crippen LogP contribution in [0.25, 0.3) is 10.8 Å². The first-order chi connectivity index (χ1) is 13.5.